The van der Waals surface area contributed by atoms with Crippen molar-refractivity contribution >= 4 is 23.2 Å². The average Bonchev–Trinajstić information content (AvgIpc) is 2.55. The standard InChI is InChI=1S/C18H18N2O3/c1-2-6-16(21)19-13-9-10-15-14(11-13)20-18(22)17(23-15)12-7-4-3-5-8-12/h3-5,7-11,17H,2,6H2,1H3,(H,19,21)(H,20,22). The maximum atomic E-state index is 12.3. The molecule has 2 aromatic rings. The van der Waals surface area contributed by atoms with E-state index < -0.39 is 6.10 Å². The molecule has 1 atom stereocenters. The first kappa shape index (κ1) is 15.1. The van der Waals surface area contributed by atoms with Crippen molar-refractivity contribution in [1.82, 2.24) is 0 Å². The molecule has 0 aromatic heterocycles. The van der Waals surface area contributed by atoms with E-state index in [9.17, 15) is 9.59 Å². The Morgan fingerprint density at radius 3 is 2.74 bits per heavy atom. The van der Waals surface area contributed by atoms with Gasteiger partial charge in [-0.1, -0.05) is 37.3 Å². The molecule has 5 heteroatoms. The molecule has 1 heterocycles. The van der Waals surface area contributed by atoms with Gasteiger partial charge in [0.2, 0.25) is 12.0 Å². The van der Waals surface area contributed by atoms with Crippen molar-refractivity contribution in [3.63, 3.8) is 0 Å². The molecule has 1 unspecified atom stereocenters. The molecule has 0 saturated carbocycles. The maximum Gasteiger partial charge on any atom is 0.270 e. The Hall–Kier alpha value is -2.82. The van der Waals surface area contributed by atoms with Gasteiger partial charge in [0.25, 0.3) is 5.91 Å². The van der Waals surface area contributed by atoms with E-state index in [0.29, 0.717) is 23.5 Å². The van der Waals surface area contributed by atoms with Gasteiger partial charge in [-0.2, -0.15) is 0 Å². The molecule has 0 radical (unpaired) electrons. The molecule has 1 aliphatic heterocycles. The molecule has 0 bridgehead atoms. The Kier molecular flexibility index (Phi) is 4.28. The van der Waals surface area contributed by atoms with Gasteiger partial charge in [0, 0.05) is 17.7 Å². The summed E-state index contributed by atoms with van der Waals surface area (Å²) >= 11 is 0. The van der Waals surface area contributed by atoms with Gasteiger partial charge < -0.3 is 15.4 Å². The number of fused-ring (bicyclic) bond motifs is 1. The van der Waals surface area contributed by atoms with Crippen LogP contribution in [0.3, 0.4) is 0 Å². The summed E-state index contributed by atoms with van der Waals surface area (Å²) in [5.41, 5.74) is 2.01. The fourth-order valence-electron chi connectivity index (χ4n) is 2.48. The van der Waals surface area contributed by atoms with E-state index in [1.165, 1.54) is 0 Å². The van der Waals surface area contributed by atoms with Crippen molar-refractivity contribution in [3.05, 3.63) is 54.1 Å². The Morgan fingerprint density at radius 2 is 2.00 bits per heavy atom. The summed E-state index contributed by atoms with van der Waals surface area (Å²) in [4.78, 5) is 23.9. The lowest BCUT2D eigenvalue weighted by molar-refractivity contribution is -0.123. The number of benzene rings is 2. The number of rotatable bonds is 4. The van der Waals surface area contributed by atoms with E-state index in [0.717, 1.165) is 12.0 Å². The van der Waals surface area contributed by atoms with Crippen LogP contribution in [0.15, 0.2) is 48.5 Å². The minimum absolute atomic E-state index is 0.0438. The molecular formula is C18H18N2O3. The van der Waals surface area contributed by atoms with Crippen LogP contribution >= 0.6 is 0 Å². The van der Waals surface area contributed by atoms with E-state index in [-0.39, 0.29) is 11.8 Å². The number of hydrogen-bond donors (Lipinski definition) is 2. The number of ether oxygens (including phenoxy) is 1. The van der Waals surface area contributed by atoms with Gasteiger partial charge in [0.05, 0.1) is 5.69 Å². The van der Waals surface area contributed by atoms with Crippen LogP contribution in [0.2, 0.25) is 0 Å². The average molecular weight is 310 g/mol. The van der Waals surface area contributed by atoms with Crippen LogP contribution in [0, 0.1) is 0 Å². The van der Waals surface area contributed by atoms with E-state index in [2.05, 4.69) is 10.6 Å². The van der Waals surface area contributed by atoms with E-state index in [4.69, 9.17) is 4.74 Å². The summed E-state index contributed by atoms with van der Waals surface area (Å²) in [5.74, 6) is 0.324. The lowest BCUT2D eigenvalue weighted by Crippen LogP contribution is -2.30. The van der Waals surface area contributed by atoms with E-state index in [1.54, 1.807) is 18.2 Å². The third-order valence-corrected chi connectivity index (χ3v) is 3.58. The zero-order chi connectivity index (χ0) is 16.2. The SMILES string of the molecule is CCCC(=O)Nc1ccc2c(c1)NC(=O)C(c1ccccc1)O2. The molecule has 1 aliphatic rings. The van der Waals surface area contributed by atoms with Crippen molar-refractivity contribution in [2.24, 2.45) is 0 Å². The minimum Gasteiger partial charge on any atom is -0.474 e. The highest BCUT2D eigenvalue weighted by Gasteiger charge is 2.29. The van der Waals surface area contributed by atoms with Crippen molar-refractivity contribution in [2.75, 3.05) is 10.6 Å². The first-order chi connectivity index (χ1) is 11.2. The molecule has 0 saturated heterocycles. The number of amides is 2. The van der Waals surface area contributed by atoms with Gasteiger partial charge in [-0.25, -0.2) is 0 Å². The van der Waals surface area contributed by atoms with Crippen LogP contribution in [0.4, 0.5) is 11.4 Å². The second-order valence-corrected chi connectivity index (χ2v) is 5.41. The lowest BCUT2D eigenvalue weighted by atomic mass is 10.1. The Labute approximate surface area is 134 Å². The predicted octanol–water partition coefficient (Wildman–Crippen LogP) is 3.50. The van der Waals surface area contributed by atoms with Gasteiger partial charge in [-0.15, -0.1) is 0 Å². The largest absolute Gasteiger partial charge is 0.474 e. The van der Waals surface area contributed by atoms with Crippen molar-refractivity contribution < 1.29 is 14.3 Å². The molecule has 0 fully saturated rings. The zero-order valence-electron chi connectivity index (χ0n) is 12.8. The van der Waals surface area contributed by atoms with Crippen molar-refractivity contribution in [2.45, 2.75) is 25.9 Å². The van der Waals surface area contributed by atoms with Gasteiger partial charge >= 0.3 is 0 Å². The van der Waals surface area contributed by atoms with E-state index in [1.807, 2.05) is 37.3 Å². The number of anilines is 2. The fourth-order valence-corrected chi connectivity index (χ4v) is 2.48. The fraction of sp³-hybridized carbons (Fsp3) is 0.222. The molecule has 0 spiro atoms. The molecular weight excluding hydrogens is 292 g/mol. The molecule has 118 valence electrons. The van der Waals surface area contributed by atoms with Crippen LogP contribution in [0.1, 0.15) is 31.4 Å². The Balaban J connectivity index is 1.80. The summed E-state index contributed by atoms with van der Waals surface area (Å²) < 4.78 is 5.81. The summed E-state index contributed by atoms with van der Waals surface area (Å²) in [6, 6.07) is 14.6. The van der Waals surface area contributed by atoms with Gasteiger partial charge in [0.1, 0.15) is 5.75 Å². The van der Waals surface area contributed by atoms with Crippen LogP contribution in [0.5, 0.6) is 5.75 Å². The third-order valence-electron chi connectivity index (χ3n) is 3.58. The minimum atomic E-state index is -0.663. The van der Waals surface area contributed by atoms with Crippen LogP contribution in [0.25, 0.3) is 0 Å². The second kappa shape index (κ2) is 6.52. The molecule has 23 heavy (non-hydrogen) atoms. The van der Waals surface area contributed by atoms with Crippen LogP contribution in [-0.2, 0) is 9.59 Å². The highest BCUT2D eigenvalue weighted by atomic mass is 16.5. The highest BCUT2D eigenvalue weighted by Crippen LogP contribution is 2.36. The maximum absolute atomic E-state index is 12.3. The smallest absolute Gasteiger partial charge is 0.270 e. The molecule has 2 amide bonds. The molecule has 3 rings (SSSR count). The monoisotopic (exact) mass is 310 g/mol. The summed E-state index contributed by atoms with van der Waals surface area (Å²) in [7, 11) is 0. The predicted molar refractivity (Wildman–Crippen MR) is 88.4 cm³/mol. The third kappa shape index (κ3) is 3.34. The molecule has 2 N–H and O–H groups in total. The molecule has 2 aromatic carbocycles. The van der Waals surface area contributed by atoms with Crippen molar-refractivity contribution in [1.29, 1.82) is 0 Å². The number of nitrogens with one attached hydrogen (secondary N) is 2. The second-order valence-electron chi connectivity index (χ2n) is 5.41. The summed E-state index contributed by atoms with van der Waals surface area (Å²) in [6.45, 7) is 1.95. The number of carbonyl (C=O) groups excluding carboxylic acids is 2. The lowest BCUT2D eigenvalue weighted by Gasteiger charge is -2.26. The number of hydrogen-bond acceptors (Lipinski definition) is 3. The van der Waals surface area contributed by atoms with Gasteiger partial charge in [-0.05, 0) is 24.6 Å². The topological polar surface area (TPSA) is 67.4 Å². The van der Waals surface area contributed by atoms with E-state index >= 15 is 0 Å². The van der Waals surface area contributed by atoms with Crippen LogP contribution in [-0.4, -0.2) is 11.8 Å². The first-order valence-electron chi connectivity index (χ1n) is 7.63. The first-order valence-corrected chi connectivity index (χ1v) is 7.63. The number of carbonyl (C=O) groups is 2. The summed E-state index contributed by atoms with van der Waals surface area (Å²) in [6.07, 6.45) is 0.593. The van der Waals surface area contributed by atoms with Crippen molar-refractivity contribution in [3.8, 4) is 5.75 Å². The quantitative estimate of drug-likeness (QED) is 0.908. The van der Waals surface area contributed by atoms with Crippen LogP contribution < -0.4 is 15.4 Å². The molecule has 5 nitrogen and oxygen atoms in total. The highest BCUT2D eigenvalue weighted by molar-refractivity contribution is 5.99. The zero-order valence-corrected chi connectivity index (χ0v) is 12.8. The summed E-state index contributed by atoms with van der Waals surface area (Å²) in [5, 5.41) is 5.64. The molecule has 0 aliphatic carbocycles. The van der Waals surface area contributed by atoms with Gasteiger partial charge in [-0.3, -0.25) is 9.59 Å². The Bertz CT molecular complexity index is 728. The normalized spacial score (nSPS) is 16.0. The Morgan fingerprint density at radius 1 is 1.22 bits per heavy atom. The van der Waals surface area contributed by atoms with Gasteiger partial charge in [0.15, 0.2) is 0 Å².